The molecular formula is C22H18Cl3N3O. The van der Waals surface area contributed by atoms with Crippen LogP contribution in [0.4, 0.5) is 0 Å². The molecule has 0 unspecified atom stereocenters. The molecule has 2 heterocycles. The summed E-state index contributed by atoms with van der Waals surface area (Å²) in [6.45, 7) is 6.09. The highest BCUT2D eigenvalue weighted by Gasteiger charge is 2.23. The molecule has 0 aliphatic heterocycles. The first kappa shape index (κ1) is 20.0. The second-order valence-electron chi connectivity index (χ2n) is 7.03. The number of oxazole rings is 1. The van der Waals surface area contributed by atoms with Crippen molar-refractivity contribution in [3.8, 4) is 28.7 Å². The van der Waals surface area contributed by atoms with Crippen molar-refractivity contribution in [2.45, 2.75) is 26.7 Å². The van der Waals surface area contributed by atoms with Crippen LogP contribution in [0.5, 0.6) is 0 Å². The van der Waals surface area contributed by atoms with Crippen molar-refractivity contribution < 1.29 is 4.42 Å². The van der Waals surface area contributed by atoms with E-state index < -0.39 is 0 Å². The molecule has 0 spiro atoms. The molecular weight excluding hydrogens is 429 g/mol. The quantitative estimate of drug-likeness (QED) is 0.324. The molecule has 0 radical (unpaired) electrons. The van der Waals surface area contributed by atoms with Gasteiger partial charge in [-0.25, -0.2) is 9.97 Å². The molecule has 0 aliphatic rings. The minimum absolute atomic E-state index is 0.236. The molecule has 2 aromatic heterocycles. The van der Waals surface area contributed by atoms with Gasteiger partial charge in [-0.15, -0.1) is 0 Å². The number of halogens is 3. The van der Waals surface area contributed by atoms with Crippen LogP contribution >= 0.6 is 34.8 Å². The number of rotatable bonds is 4. The Balaban J connectivity index is 1.96. The second kappa shape index (κ2) is 7.86. The molecule has 0 bridgehead atoms. The Morgan fingerprint density at radius 1 is 0.966 bits per heavy atom. The lowest BCUT2D eigenvalue weighted by Crippen LogP contribution is -2.00. The van der Waals surface area contributed by atoms with Gasteiger partial charge in [0.2, 0.25) is 5.89 Å². The van der Waals surface area contributed by atoms with Crippen LogP contribution in [-0.2, 0) is 0 Å². The smallest absolute Gasteiger partial charge is 0.247 e. The van der Waals surface area contributed by atoms with Gasteiger partial charge in [-0.2, -0.15) is 0 Å². The van der Waals surface area contributed by atoms with E-state index >= 15 is 0 Å². The summed E-state index contributed by atoms with van der Waals surface area (Å²) in [6, 6.07) is 12.9. The number of aromatic nitrogens is 3. The zero-order valence-corrected chi connectivity index (χ0v) is 18.3. The molecule has 0 N–H and O–H groups in total. The highest BCUT2D eigenvalue weighted by atomic mass is 35.5. The summed E-state index contributed by atoms with van der Waals surface area (Å²) in [5, 5.41) is 1.74. The van der Waals surface area contributed by atoms with E-state index in [1.165, 1.54) is 0 Å². The van der Waals surface area contributed by atoms with Crippen LogP contribution in [0.25, 0.3) is 28.7 Å². The highest BCUT2D eigenvalue weighted by molar-refractivity contribution is 6.36. The lowest BCUT2D eigenvalue weighted by Gasteiger charge is -2.11. The fourth-order valence-corrected chi connectivity index (χ4v) is 3.74. The molecule has 0 saturated carbocycles. The third-order valence-electron chi connectivity index (χ3n) is 4.66. The summed E-state index contributed by atoms with van der Waals surface area (Å²) in [5.41, 5.74) is 3.21. The lowest BCUT2D eigenvalue weighted by molar-refractivity contribution is 0.493. The Kier molecular flexibility index (Phi) is 5.43. The SMILES string of the molecule is Cc1c(-c2ncc(C(C)C)o2)nc(-c2ccc(Cl)cc2Cl)n1-c1ccc(Cl)cc1. The Bertz CT molecular complexity index is 1180. The first-order chi connectivity index (χ1) is 13.8. The summed E-state index contributed by atoms with van der Waals surface area (Å²) in [6.07, 6.45) is 1.75. The summed E-state index contributed by atoms with van der Waals surface area (Å²) in [5.74, 6) is 2.20. The van der Waals surface area contributed by atoms with Crippen molar-refractivity contribution in [1.29, 1.82) is 0 Å². The third kappa shape index (κ3) is 3.80. The van der Waals surface area contributed by atoms with E-state index in [-0.39, 0.29) is 5.92 Å². The summed E-state index contributed by atoms with van der Waals surface area (Å²) >= 11 is 18.7. The first-order valence-electron chi connectivity index (χ1n) is 9.12. The molecule has 148 valence electrons. The van der Waals surface area contributed by atoms with Crippen LogP contribution in [0.1, 0.15) is 31.2 Å². The van der Waals surface area contributed by atoms with Crippen LogP contribution < -0.4 is 0 Å². The topological polar surface area (TPSA) is 43.9 Å². The maximum atomic E-state index is 6.50. The maximum Gasteiger partial charge on any atom is 0.247 e. The van der Waals surface area contributed by atoms with Crippen molar-refractivity contribution in [2.24, 2.45) is 0 Å². The molecule has 4 aromatic rings. The second-order valence-corrected chi connectivity index (χ2v) is 8.31. The van der Waals surface area contributed by atoms with Crippen molar-refractivity contribution >= 4 is 34.8 Å². The van der Waals surface area contributed by atoms with Gasteiger partial charge in [-0.05, 0) is 49.4 Å². The number of imidazole rings is 1. The molecule has 4 nitrogen and oxygen atoms in total. The van der Waals surface area contributed by atoms with E-state index in [1.807, 2.05) is 41.8 Å². The molecule has 0 aliphatic carbocycles. The van der Waals surface area contributed by atoms with Gasteiger partial charge in [-0.1, -0.05) is 48.7 Å². The molecule has 0 fully saturated rings. The van der Waals surface area contributed by atoms with E-state index in [9.17, 15) is 0 Å². The number of nitrogens with zero attached hydrogens (tertiary/aromatic N) is 3. The molecule has 4 rings (SSSR count). The average molecular weight is 447 g/mol. The maximum absolute atomic E-state index is 6.50. The van der Waals surface area contributed by atoms with Gasteiger partial charge in [0.1, 0.15) is 17.3 Å². The Morgan fingerprint density at radius 3 is 2.28 bits per heavy atom. The predicted molar refractivity (Wildman–Crippen MR) is 118 cm³/mol. The van der Waals surface area contributed by atoms with Gasteiger partial charge < -0.3 is 4.42 Å². The van der Waals surface area contributed by atoms with E-state index in [4.69, 9.17) is 44.2 Å². The number of benzene rings is 2. The van der Waals surface area contributed by atoms with E-state index in [2.05, 4.69) is 18.8 Å². The molecule has 0 atom stereocenters. The Hall–Kier alpha value is -2.27. The number of hydrogen-bond donors (Lipinski definition) is 0. The van der Waals surface area contributed by atoms with Gasteiger partial charge in [0.15, 0.2) is 0 Å². The van der Waals surface area contributed by atoms with Gasteiger partial charge >= 0.3 is 0 Å². The third-order valence-corrected chi connectivity index (χ3v) is 5.46. The average Bonchev–Trinajstić information content (AvgIpc) is 3.28. The summed E-state index contributed by atoms with van der Waals surface area (Å²) < 4.78 is 7.97. The van der Waals surface area contributed by atoms with E-state index in [1.54, 1.807) is 18.3 Å². The monoisotopic (exact) mass is 445 g/mol. The van der Waals surface area contributed by atoms with Gasteiger partial charge in [0, 0.05) is 27.2 Å². The minimum Gasteiger partial charge on any atom is -0.440 e. The van der Waals surface area contributed by atoms with Crippen LogP contribution in [0.3, 0.4) is 0 Å². The number of hydrogen-bond acceptors (Lipinski definition) is 3. The van der Waals surface area contributed by atoms with E-state index in [0.29, 0.717) is 32.5 Å². The fraction of sp³-hybridized carbons (Fsp3) is 0.182. The standard InChI is InChI=1S/C22H18Cl3N3O/c1-12(2)19-11-26-22(29-19)20-13(3)28(16-7-4-14(23)5-8-16)21(27-20)17-9-6-15(24)10-18(17)25/h4-12H,1-3H3. The van der Waals surface area contributed by atoms with Crippen molar-refractivity contribution in [3.63, 3.8) is 0 Å². The molecule has 29 heavy (non-hydrogen) atoms. The van der Waals surface area contributed by atoms with Crippen molar-refractivity contribution in [1.82, 2.24) is 14.5 Å². The van der Waals surface area contributed by atoms with Crippen LogP contribution in [0.15, 0.2) is 53.1 Å². The minimum atomic E-state index is 0.236. The predicted octanol–water partition coefficient (Wildman–Crippen LogP) is 7.59. The van der Waals surface area contributed by atoms with Gasteiger partial charge in [0.05, 0.1) is 16.9 Å². The Labute approximate surface area is 184 Å². The van der Waals surface area contributed by atoms with Crippen molar-refractivity contribution in [3.05, 3.63) is 75.2 Å². The zero-order chi connectivity index (χ0) is 20.7. The summed E-state index contributed by atoms with van der Waals surface area (Å²) in [7, 11) is 0. The van der Waals surface area contributed by atoms with E-state index in [0.717, 1.165) is 22.7 Å². The lowest BCUT2D eigenvalue weighted by atomic mass is 10.2. The molecule has 0 saturated heterocycles. The first-order valence-corrected chi connectivity index (χ1v) is 10.3. The summed E-state index contributed by atoms with van der Waals surface area (Å²) in [4.78, 5) is 9.30. The molecule has 2 aromatic carbocycles. The van der Waals surface area contributed by atoms with Gasteiger partial charge in [-0.3, -0.25) is 4.57 Å². The van der Waals surface area contributed by atoms with Gasteiger partial charge in [0.25, 0.3) is 0 Å². The molecule has 7 heteroatoms. The fourth-order valence-electron chi connectivity index (χ4n) is 3.12. The molecule has 0 amide bonds. The zero-order valence-electron chi connectivity index (χ0n) is 16.1. The van der Waals surface area contributed by atoms with Crippen LogP contribution in [0, 0.1) is 6.92 Å². The largest absolute Gasteiger partial charge is 0.440 e. The van der Waals surface area contributed by atoms with Crippen LogP contribution in [0.2, 0.25) is 15.1 Å². The highest BCUT2D eigenvalue weighted by Crippen LogP contribution is 2.36. The Morgan fingerprint density at radius 2 is 1.66 bits per heavy atom. The normalized spacial score (nSPS) is 11.4. The van der Waals surface area contributed by atoms with Crippen molar-refractivity contribution in [2.75, 3.05) is 0 Å². The van der Waals surface area contributed by atoms with Crippen LogP contribution in [-0.4, -0.2) is 14.5 Å².